The number of ether oxygens (including phenoxy) is 2. The molecule has 12 heteroatoms. The molecule has 0 fully saturated rings. The molecule has 1 aromatic carbocycles. The Morgan fingerprint density at radius 1 is 0.792 bits per heavy atom. The normalized spacial score (nSPS) is 12.2. The van der Waals surface area contributed by atoms with Gasteiger partial charge in [0.25, 0.3) is 20.2 Å². The molecule has 0 radical (unpaired) electrons. The van der Waals surface area contributed by atoms with Gasteiger partial charge in [-0.3, -0.25) is 9.11 Å². The average Bonchev–Trinajstić information content (AvgIpc) is 2.41. The van der Waals surface area contributed by atoms with Crippen LogP contribution in [0.1, 0.15) is 12.8 Å². The lowest BCUT2D eigenvalue weighted by Crippen LogP contribution is -2.09. The second-order valence-corrected chi connectivity index (χ2v) is 9.54. The van der Waals surface area contributed by atoms with Gasteiger partial charge in [-0.25, -0.2) is 0 Å². The maximum Gasteiger partial charge on any atom is 0.264 e. The molecule has 0 aliphatic rings. The molecule has 0 unspecified atom stereocenters. The van der Waals surface area contributed by atoms with Crippen LogP contribution in [0.15, 0.2) is 21.1 Å². The topological polar surface area (TPSA) is 127 Å². The van der Waals surface area contributed by atoms with Crippen molar-refractivity contribution in [3.05, 3.63) is 21.1 Å². The van der Waals surface area contributed by atoms with E-state index in [1.54, 1.807) is 12.1 Å². The number of rotatable bonds is 10. The highest BCUT2D eigenvalue weighted by atomic mass is 79.9. The summed E-state index contributed by atoms with van der Waals surface area (Å²) < 4.78 is 71.7. The summed E-state index contributed by atoms with van der Waals surface area (Å²) in [6, 6.07) is 3.21. The lowest BCUT2D eigenvalue weighted by atomic mass is 10.3. The summed E-state index contributed by atoms with van der Waals surface area (Å²) in [6.45, 7) is 0.193. The molecule has 8 nitrogen and oxygen atoms in total. The molecule has 0 saturated heterocycles. The highest BCUT2D eigenvalue weighted by molar-refractivity contribution is 9.11. The SMILES string of the molecule is O=S(=O)(O)CCCOc1cc(Br)c(OCCCS(=O)(=O)O)cc1Br. The Kier molecular flexibility index (Phi) is 8.42. The van der Waals surface area contributed by atoms with Crippen LogP contribution in [0.25, 0.3) is 0 Å². The van der Waals surface area contributed by atoms with Crippen LogP contribution in [0.5, 0.6) is 11.5 Å². The van der Waals surface area contributed by atoms with E-state index in [1.807, 2.05) is 0 Å². The fourth-order valence-electron chi connectivity index (χ4n) is 1.58. The molecule has 0 aromatic heterocycles. The van der Waals surface area contributed by atoms with E-state index < -0.39 is 20.2 Å². The lowest BCUT2D eigenvalue weighted by molar-refractivity contribution is 0.304. The van der Waals surface area contributed by atoms with Gasteiger partial charge in [0.2, 0.25) is 0 Å². The van der Waals surface area contributed by atoms with Gasteiger partial charge < -0.3 is 9.47 Å². The summed E-state index contributed by atoms with van der Waals surface area (Å²) in [6.07, 6.45) is 0.271. The Hall–Kier alpha value is -0.400. The molecule has 1 aromatic rings. The predicted molar refractivity (Wildman–Crippen MR) is 94.9 cm³/mol. The monoisotopic (exact) mass is 510 g/mol. The van der Waals surface area contributed by atoms with Crippen molar-refractivity contribution in [1.82, 2.24) is 0 Å². The Labute approximate surface area is 157 Å². The summed E-state index contributed by atoms with van der Waals surface area (Å²) in [5.41, 5.74) is 0. The Morgan fingerprint density at radius 3 is 1.42 bits per heavy atom. The maximum atomic E-state index is 10.6. The van der Waals surface area contributed by atoms with Crippen molar-refractivity contribution in [1.29, 1.82) is 0 Å². The highest BCUT2D eigenvalue weighted by Gasteiger charge is 2.11. The van der Waals surface area contributed by atoms with E-state index in [0.717, 1.165) is 0 Å². The van der Waals surface area contributed by atoms with Crippen molar-refractivity contribution >= 4 is 52.1 Å². The van der Waals surface area contributed by atoms with Crippen LogP contribution < -0.4 is 9.47 Å². The minimum Gasteiger partial charge on any atom is -0.492 e. The van der Waals surface area contributed by atoms with E-state index in [0.29, 0.717) is 20.4 Å². The molecular formula is C12H16Br2O8S2. The standard InChI is InChI=1S/C12H16Br2O8S2/c13-9-8-12(22-4-2-6-24(18,19)20)10(14)7-11(9)21-3-1-5-23(15,16)17/h7-8H,1-6H2,(H,15,16,17)(H,18,19,20). The van der Waals surface area contributed by atoms with Crippen molar-refractivity contribution in [2.75, 3.05) is 24.7 Å². The minimum atomic E-state index is -4.01. The molecular weight excluding hydrogens is 496 g/mol. The fraction of sp³-hybridized carbons (Fsp3) is 0.500. The first kappa shape index (κ1) is 21.6. The fourth-order valence-corrected chi connectivity index (χ4v) is 3.42. The molecule has 0 spiro atoms. The molecule has 0 saturated carbocycles. The van der Waals surface area contributed by atoms with Gasteiger partial charge in [0.1, 0.15) is 11.5 Å². The van der Waals surface area contributed by atoms with Crippen molar-refractivity contribution in [2.45, 2.75) is 12.8 Å². The van der Waals surface area contributed by atoms with Crippen LogP contribution in [-0.4, -0.2) is 50.7 Å². The first-order chi connectivity index (χ1) is 11.0. The van der Waals surface area contributed by atoms with Gasteiger partial charge in [-0.05, 0) is 56.8 Å². The van der Waals surface area contributed by atoms with E-state index in [-0.39, 0.29) is 37.6 Å². The second kappa shape index (κ2) is 9.34. The number of halogens is 2. The first-order valence-corrected chi connectivity index (χ1v) is 11.4. The molecule has 24 heavy (non-hydrogen) atoms. The lowest BCUT2D eigenvalue weighted by Gasteiger charge is -2.12. The van der Waals surface area contributed by atoms with Gasteiger partial charge in [0.15, 0.2) is 0 Å². The van der Waals surface area contributed by atoms with Crippen LogP contribution in [-0.2, 0) is 20.2 Å². The summed E-state index contributed by atoms with van der Waals surface area (Å²) in [7, 11) is -8.02. The first-order valence-electron chi connectivity index (χ1n) is 6.63. The number of benzene rings is 1. The van der Waals surface area contributed by atoms with E-state index in [9.17, 15) is 16.8 Å². The molecule has 0 atom stereocenters. The Bertz CT molecular complexity index is 696. The van der Waals surface area contributed by atoms with Crippen LogP contribution in [0.4, 0.5) is 0 Å². The van der Waals surface area contributed by atoms with Crippen LogP contribution in [0, 0.1) is 0 Å². The van der Waals surface area contributed by atoms with Gasteiger partial charge in [-0.1, -0.05) is 0 Å². The smallest absolute Gasteiger partial charge is 0.264 e. The molecule has 0 aliphatic carbocycles. The van der Waals surface area contributed by atoms with E-state index >= 15 is 0 Å². The minimum absolute atomic E-state index is 0.0966. The molecule has 0 aliphatic heterocycles. The Balaban J connectivity index is 2.56. The van der Waals surface area contributed by atoms with E-state index in [2.05, 4.69) is 31.9 Å². The van der Waals surface area contributed by atoms with Crippen LogP contribution >= 0.6 is 31.9 Å². The Morgan fingerprint density at radius 2 is 1.12 bits per heavy atom. The molecule has 138 valence electrons. The van der Waals surface area contributed by atoms with Crippen molar-refractivity contribution in [3.63, 3.8) is 0 Å². The van der Waals surface area contributed by atoms with Crippen molar-refractivity contribution in [2.24, 2.45) is 0 Å². The predicted octanol–water partition coefficient (Wildman–Crippen LogP) is 2.53. The van der Waals surface area contributed by atoms with Gasteiger partial charge in [-0.2, -0.15) is 16.8 Å². The second-order valence-electron chi connectivity index (χ2n) is 4.69. The zero-order chi connectivity index (χ0) is 18.4. The van der Waals surface area contributed by atoms with E-state index in [1.165, 1.54) is 0 Å². The molecule has 0 heterocycles. The van der Waals surface area contributed by atoms with Gasteiger partial charge in [0.05, 0.1) is 33.7 Å². The maximum absolute atomic E-state index is 10.6. The summed E-state index contributed by atoms with van der Waals surface area (Å²) >= 11 is 6.57. The third-order valence-electron chi connectivity index (χ3n) is 2.59. The number of hydrogen-bond acceptors (Lipinski definition) is 6. The van der Waals surface area contributed by atoms with Gasteiger partial charge in [-0.15, -0.1) is 0 Å². The molecule has 0 bridgehead atoms. The van der Waals surface area contributed by atoms with Gasteiger partial charge in [0, 0.05) is 0 Å². The summed E-state index contributed by atoms with van der Waals surface area (Å²) in [5.74, 6) is 0.117. The summed E-state index contributed by atoms with van der Waals surface area (Å²) in [4.78, 5) is 0. The highest BCUT2D eigenvalue weighted by Crippen LogP contribution is 2.36. The largest absolute Gasteiger partial charge is 0.492 e. The third kappa shape index (κ3) is 9.18. The molecule has 1 rings (SSSR count). The quantitative estimate of drug-likeness (QED) is 0.362. The average molecular weight is 512 g/mol. The van der Waals surface area contributed by atoms with Crippen LogP contribution in [0.3, 0.4) is 0 Å². The third-order valence-corrected chi connectivity index (χ3v) is 5.44. The van der Waals surface area contributed by atoms with Crippen molar-refractivity contribution in [3.8, 4) is 11.5 Å². The zero-order valence-electron chi connectivity index (χ0n) is 12.3. The summed E-state index contributed by atoms with van der Waals surface area (Å²) in [5, 5.41) is 0. The van der Waals surface area contributed by atoms with E-state index in [4.69, 9.17) is 18.6 Å². The zero-order valence-corrected chi connectivity index (χ0v) is 17.1. The molecule has 0 amide bonds. The van der Waals surface area contributed by atoms with Gasteiger partial charge >= 0.3 is 0 Å². The van der Waals surface area contributed by atoms with Crippen LogP contribution in [0.2, 0.25) is 0 Å². The van der Waals surface area contributed by atoms with Crippen molar-refractivity contribution < 1.29 is 35.4 Å². The molecule has 2 N–H and O–H groups in total. The number of hydrogen-bond donors (Lipinski definition) is 2.